The molecule has 0 fully saturated rings. The van der Waals surface area contributed by atoms with Gasteiger partial charge in [-0.2, -0.15) is 18.4 Å². The van der Waals surface area contributed by atoms with Crippen LogP contribution < -0.4 is 5.32 Å². The number of ether oxygens (including phenoxy) is 1. The van der Waals surface area contributed by atoms with Gasteiger partial charge in [0.05, 0.1) is 24.1 Å². The first-order valence-corrected chi connectivity index (χ1v) is 7.57. The molecule has 8 nitrogen and oxygen atoms in total. The van der Waals surface area contributed by atoms with E-state index in [0.717, 1.165) is 13.1 Å². The van der Waals surface area contributed by atoms with Gasteiger partial charge in [0, 0.05) is 6.42 Å². The van der Waals surface area contributed by atoms with E-state index in [1.54, 1.807) is 0 Å². The maximum Gasteiger partial charge on any atom is 0.419 e. The number of esters is 1. The molecule has 0 spiro atoms. The smallest absolute Gasteiger partial charge is 0.419 e. The Morgan fingerprint density at radius 1 is 1.37 bits per heavy atom. The number of ketones is 1. The Labute approximate surface area is 151 Å². The van der Waals surface area contributed by atoms with Crippen LogP contribution in [0.1, 0.15) is 37.9 Å². The van der Waals surface area contributed by atoms with Gasteiger partial charge in [-0.3, -0.25) is 4.79 Å². The van der Waals surface area contributed by atoms with Crippen molar-refractivity contribution >= 4 is 23.3 Å². The topological polar surface area (TPSA) is 129 Å². The summed E-state index contributed by atoms with van der Waals surface area (Å²) in [4.78, 5) is 37.9. The summed E-state index contributed by atoms with van der Waals surface area (Å²) in [6.45, 7) is 1.92. The summed E-state index contributed by atoms with van der Waals surface area (Å²) >= 11 is 0. The normalized spacial score (nSPS) is 13.2. The summed E-state index contributed by atoms with van der Waals surface area (Å²) < 4.78 is 43.4. The van der Waals surface area contributed by atoms with Crippen LogP contribution in [0.3, 0.4) is 0 Å². The van der Waals surface area contributed by atoms with Crippen molar-refractivity contribution in [2.75, 3.05) is 11.9 Å². The third-order valence-corrected chi connectivity index (χ3v) is 3.30. The van der Waals surface area contributed by atoms with Crippen molar-refractivity contribution in [1.82, 2.24) is 4.98 Å². The second-order valence-electron chi connectivity index (χ2n) is 5.70. The Bertz CT molecular complexity index is 784. The number of anilines is 1. The number of amides is 1. The zero-order chi connectivity index (χ0) is 20.8. The van der Waals surface area contributed by atoms with Crippen LogP contribution in [0, 0.1) is 11.3 Å². The molecule has 0 saturated heterocycles. The van der Waals surface area contributed by atoms with Gasteiger partial charge in [-0.05, 0) is 26.3 Å². The minimum atomic E-state index is -4.89. The summed E-state index contributed by atoms with van der Waals surface area (Å²) in [5.74, 6) is -2.82. The first kappa shape index (κ1) is 22.0. The van der Waals surface area contributed by atoms with Gasteiger partial charge in [0.1, 0.15) is 11.9 Å². The number of alkyl halides is 3. The number of hydrogen-bond acceptors (Lipinski definition) is 7. The molecule has 1 aromatic rings. The van der Waals surface area contributed by atoms with Crippen molar-refractivity contribution in [1.29, 1.82) is 5.26 Å². The zero-order valence-electron chi connectivity index (χ0n) is 14.4. The quantitative estimate of drug-likeness (QED) is 0.413. The van der Waals surface area contributed by atoms with Gasteiger partial charge in [0.2, 0.25) is 5.60 Å². The number of carbonyl (C=O) groups excluding carboxylic acids is 3. The molecule has 0 aliphatic rings. The molecule has 0 bridgehead atoms. The zero-order valence-corrected chi connectivity index (χ0v) is 14.4. The molecular formula is C16H16F3N3O5. The number of pyridine rings is 1. The Morgan fingerprint density at radius 3 is 2.52 bits per heavy atom. The fraction of sp³-hybridized carbons (Fsp3) is 0.438. The van der Waals surface area contributed by atoms with E-state index in [9.17, 15) is 32.7 Å². The minimum Gasteiger partial charge on any atom is -0.463 e. The maximum atomic E-state index is 12.9. The molecule has 0 aliphatic heterocycles. The van der Waals surface area contributed by atoms with E-state index in [2.05, 4.69) is 9.72 Å². The molecule has 1 aromatic heterocycles. The lowest BCUT2D eigenvalue weighted by Crippen LogP contribution is -2.48. The molecule has 1 rings (SSSR count). The van der Waals surface area contributed by atoms with E-state index in [0.29, 0.717) is 6.07 Å². The summed E-state index contributed by atoms with van der Waals surface area (Å²) in [6.07, 6.45) is -3.79. The van der Waals surface area contributed by atoms with E-state index in [4.69, 9.17) is 5.26 Å². The number of aromatic nitrogens is 1. The lowest BCUT2D eigenvalue weighted by Gasteiger charge is -2.20. The van der Waals surface area contributed by atoms with Crippen molar-refractivity contribution in [2.24, 2.45) is 0 Å². The highest BCUT2D eigenvalue weighted by Gasteiger charge is 2.41. The van der Waals surface area contributed by atoms with Crippen LogP contribution in [0.2, 0.25) is 0 Å². The Morgan fingerprint density at radius 2 is 2.00 bits per heavy atom. The SMILES string of the molecule is CC(=O)CCCOC(=O)C(C)(O)C(=O)Nc1cnc(C#N)c(C(F)(F)F)c1. The van der Waals surface area contributed by atoms with Crippen LogP contribution in [-0.4, -0.2) is 40.0 Å². The number of aliphatic hydroxyl groups is 1. The predicted octanol–water partition coefficient (Wildman–Crippen LogP) is 1.57. The fourth-order valence-corrected chi connectivity index (χ4v) is 1.81. The number of rotatable bonds is 7. The van der Waals surface area contributed by atoms with Crippen LogP contribution >= 0.6 is 0 Å². The second-order valence-corrected chi connectivity index (χ2v) is 5.70. The number of hydrogen-bond donors (Lipinski definition) is 2. The van der Waals surface area contributed by atoms with Crippen molar-refractivity contribution in [3.05, 3.63) is 23.5 Å². The van der Waals surface area contributed by atoms with Crippen molar-refractivity contribution in [3.8, 4) is 6.07 Å². The van der Waals surface area contributed by atoms with Gasteiger partial charge in [-0.1, -0.05) is 0 Å². The van der Waals surface area contributed by atoms with Crippen LogP contribution in [0.4, 0.5) is 18.9 Å². The van der Waals surface area contributed by atoms with Gasteiger partial charge in [-0.15, -0.1) is 0 Å². The standard InChI is InChI=1S/C16H16F3N3O5/c1-9(23)4-3-5-27-14(25)15(2,26)13(24)22-10-6-11(16(17,18)19)12(7-20)21-8-10/h6,8,26H,3-5H2,1-2H3,(H,22,24). The van der Waals surface area contributed by atoms with Crippen LogP contribution in [-0.2, 0) is 25.3 Å². The molecule has 0 aromatic carbocycles. The highest BCUT2D eigenvalue weighted by atomic mass is 19.4. The molecule has 0 radical (unpaired) electrons. The summed E-state index contributed by atoms with van der Waals surface area (Å²) in [6, 6.07) is 1.73. The fourth-order valence-electron chi connectivity index (χ4n) is 1.81. The van der Waals surface area contributed by atoms with Crippen molar-refractivity contribution in [3.63, 3.8) is 0 Å². The highest BCUT2D eigenvalue weighted by molar-refractivity contribution is 6.11. The lowest BCUT2D eigenvalue weighted by atomic mass is 10.1. The molecule has 11 heteroatoms. The van der Waals surface area contributed by atoms with E-state index in [1.807, 2.05) is 5.32 Å². The van der Waals surface area contributed by atoms with E-state index >= 15 is 0 Å². The molecule has 1 amide bonds. The van der Waals surface area contributed by atoms with Crippen molar-refractivity contribution < 1.29 is 37.4 Å². The average molecular weight is 387 g/mol. The average Bonchev–Trinajstić information content (AvgIpc) is 2.57. The monoisotopic (exact) mass is 387 g/mol. The Kier molecular flexibility index (Phi) is 7.01. The summed E-state index contributed by atoms with van der Waals surface area (Å²) in [7, 11) is 0. The molecule has 27 heavy (non-hydrogen) atoms. The third-order valence-electron chi connectivity index (χ3n) is 3.30. The largest absolute Gasteiger partial charge is 0.463 e. The summed E-state index contributed by atoms with van der Waals surface area (Å²) in [5, 5.41) is 20.6. The van der Waals surface area contributed by atoms with E-state index in [-0.39, 0.29) is 25.2 Å². The van der Waals surface area contributed by atoms with Crippen LogP contribution in [0.25, 0.3) is 0 Å². The van der Waals surface area contributed by atoms with Gasteiger partial charge < -0.3 is 20.0 Å². The number of Topliss-reactive ketones (excluding diaryl/α,β-unsaturated/α-hetero) is 1. The van der Waals surface area contributed by atoms with Crippen LogP contribution in [0.15, 0.2) is 12.3 Å². The van der Waals surface area contributed by atoms with Gasteiger partial charge in [0.15, 0.2) is 5.69 Å². The van der Waals surface area contributed by atoms with Gasteiger partial charge in [-0.25, -0.2) is 9.78 Å². The van der Waals surface area contributed by atoms with Gasteiger partial charge >= 0.3 is 12.1 Å². The first-order chi connectivity index (χ1) is 12.4. The third kappa shape index (κ3) is 6.03. The molecule has 0 saturated carbocycles. The maximum absolute atomic E-state index is 12.9. The molecule has 1 atom stereocenters. The number of nitriles is 1. The van der Waals surface area contributed by atoms with Gasteiger partial charge in [0.25, 0.3) is 5.91 Å². The molecule has 146 valence electrons. The molecule has 1 heterocycles. The Hall–Kier alpha value is -3.00. The van der Waals surface area contributed by atoms with Crippen molar-refractivity contribution in [2.45, 2.75) is 38.5 Å². The van der Waals surface area contributed by atoms with E-state index in [1.165, 1.54) is 13.0 Å². The molecular weight excluding hydrogens is 371 g/mol. The summed E-state index contributed by atoms with van der Waals surface area (Å²) in [5.41, 5.74) is -5.44. The molecule has 2 N–H and O–H groups in total. The highest BCUT2D eigenvalue weighted by Crippen LogP contribution is 2.32. The van der Waals surface area contributed by atoms with E-state index < -0.39 is 40.6 Å². The predicted molar refractivity (Wildman–Crippen MR) is 84.1 cm³/mol. The Balaban J connectivity index is 2.86. The van der Waals surface area contributed by atoms with Crippen LogP contribution in [0.5, 0.6) is 0 Å². The molecule has 0 aliphatic carbocycles. The lowest BCUT2D eigenvalue weighted by molar-refractivity contribution is -0.167. The second kappa shape index (κ2) is 8.59. The number of nitrogens with one attached hydrogen (secondary N) is 1. The number of carbonyl (C=O) groups is 3. The minimum absolute atomic E-state index is 0.135. The molecule has 1 unspecified atom stereocenters. The first-order valence-electron chi connectivity index (χ1n) is 7.57. The number of nitrogens with zero attached hydrogens (tertiary/aromatic N) is 2. The number of halogens is 3.